The average molecular weight is 208 g/mol. The van der Waals surface area contributed by atoms with Crippen molar-refractivity contribution in [2.45, 2.75) is 40.5 Å². The van der Waals surface area contributed by atoms with Crippen LogP contribution in [0.3, 0.4) is 0 Å². The molecule has 0 aromatic heterocycles. The molecule has 0 amide bonds. The highest BCUT2D eigenvalue weighted by Crippen LogP contribution is 2.32. The normalized spacial score (nSPS) is 10.4. The predicted molar refractivity (Wildman–Crippen MR) is 62.7 cm³/mol. The van der Waals surface area contributed by atoms with Crippen LogP contribution in [-0.2, 0) is 6.42 Å². The molecule has 0 radical (unpaired) electrons. The summed E-state index contributed by atoms with van der Waals surface area (Å²) in [6.45, 7) is 8.77. The van der Waals surface area contributed by atoms with Crippen LogP contribution in [0.15, 0.2) is 6.07 Å². The Kier molecular flexibility index (Phi) is 4.01. The molecule has 0 bridgehead atoms. The molecule has 0 spiro atoms. The lowest BCUT2D eigenvalue weighted by atomic mass is 10.0. The van der Waals surface area contributed by atoms with Crippen molar-refractivity contribution >= 4 is 0 Å². The largest absolute Gasteiger partial charge is 0.507 e. The van der Waals surface area contributed by atoms with Gasteiger partial charge in [0, 0.05) is 0 Å². The molecule has 15 heavy (non-hydrogen) atoms. The minimum atomic E-state index is 0.416. The van der Waals surface area contributed by atoms with Crippen LogP contribution in [0.2, 0.25) is 0 Å². The number of benzene rings is 1. The van der Waals surface area contributed by atoms with Gasteiger partial charge in [-0.1, -0.05) is 13.8 Å². The molecule has 0 unspecified atom stereocenters. The van der Waals surface area contributed by atoms with Crippen LogP contribution in [0.1, 0.15) is 37.0 Å². The Morgan fingerprint density at radius 2 is 1.87 bits per heavy atom. The monoisotopic (exact) mass is 208 g/mol. The number of hydrogen-bond acceptors (Lipinski definition) is 2. The first kappa shape index (κ1) is 11.9. The van der Waals surface area contributed by atoms with Gasteiger partial charge in [-0.2, -0.15) is 0 Å². The van der Waals surface area contributed by atoms with Crippen molar-refractivity contribution in [1.29, 1.82) is 0 Å². The summed E-state index contributed by atoms with van der Waals surface area (Å²) in [5.41, 5.74) is 2.93. The second-order valence-electron chi connectivity index (χ2n) is 3.83. The fourth-order valence-corrected chi connectivity index (χ4v) is 1.57. The Labute approximate surface area is 91.9 Å². The molecule has 0 saturated heterocycles. The zero-order valence-corrected chi connectivity index (χ0v) is 10.1. The van der Waals surface area contributed by atoms with E-state index in [1.54, 1.807) is 0 Å². The number of phenolic OH excluding ortho intramolecular Hbond substituents is 1. The summed E-state index contributed by atoms with van der Waals surface area (Å²) in [7, 11) is 0. The van der Waals surface area contributed by atoms with Crippen LogP contribution in [0.4, 0.5) is 0 Å². The molecule has 0 atom stereocenters. The number of aromatic hydroxyl groups is 1. The summed E-state index contributed by atoms with van der Waals surface area (Å²) in [5, 5.41) is 9.87. The number of rotatable bonds is 4. The van der Waals surface area contributed by atoms with E-state index >= 15 is 0 Å². The third-order valence-corrected chi connectivity index (χ3v) is 2.74. The van der Waals surface area contributed by atoms with E-state index in [4.69, 9.17) is 4.74 Å². The van der Waals surface area contributed by atoms with Crippen molar-refractivity contribution in [3.8, 4) is 11.5 Å². The Balaban J connectivity index is 3.11. The molecule has 2 nitrogen and oxygen atoms in total. The van der Waals surface area contributed by atoms with Gasteiger partial charge in [0.1, 0.15) is 11.5 Å². The van der Waals surface area contributed by atoms with Gasteiger partial charge in [-0.15, -0.1) is 0 Å². The molecule has 0 aliphatic carbocycles. The van der Waals surface area contributed by atoms with Crippen molar-refractivity contribution in [1.82, 2.24) is 0 Å². The topological polar surface area (TPSA) is 29.5 Å². The molecule has 0 fully saturated rings. The Hall–Kier alpha value is -1.18. The summed E-state index contributed by atoms with van der Waals surface area (Å²) < 4.78 is 5.65. The van der Waals surface area contributed by atoms with E-state index in [2.05, 4.69) is 6.92 Å². The lowest BCUT2D eigenvalue weighted by Gasteiger charge is -2.14. The van der Waals surface area contributed by atoms with Gasteiger partial charge in [0.25, 0.3) is 0 Å². The summed E-state index contributed by atoms with van der Waals surface area (Å²) in [6.07, 6.45) is 1.83. The molecule has 2 heteroatoms. The van der Waals surface area contributed by atoms with Crippen molar-refractivity contribution in [2.24, 2.45) is 0 Å². The van der Waals surface area contributed by atoms with E-state index in [-0.39, 0.29) is 0 Å². The highest BCUT2D eigenvalue weighted by molar-refractivity contribution is 5.51. The first-order chi connectivity index (χ1) is 7.11. The molecule has 84 valence electrons. The number of phenols is 1. The van der Waals surface area contributed by atoms with Crippen molar-refractivity contribution in [3.63, 3.8) is 0 Å². The van der Waals surface area contributed by atoms with E-state index in [9.17, 15) is 5.11 Å². The lowest BCUT2D eigenvalue weighted by Crippen LogP contribution is -2.00. The molecule has 1 rings (SSSR count). The van der Waals surface area contributed by atoms with Gasteiger partial charge in [0.15, 0.2) is 0 Å². The molecule has 0 aliphatic heterocycles. The fourth-order valence-electron chi connectivity index (χ4n) is 1.57. The summed E-state index contributed by atoms with van der Waals surface area (Å²) in [5.74, 6) is 1.32. The van der Waals surface area contributed by atoms with Crippen molar-refractivity contribution < 1.29 is 9.84 Å². The standard InChI is InChI=1S/C13H20O2/c1-5-7-15-12-8-11(6-2)13(14)10(4)9(12)3/h8,14H,5-7H2,1-4H3. The van der Waals surface area contributed by atoms with Crippen LogP contribution in [0.5, 0.6) is 11.5 Å². The molecule has 1 N–H and O–H groups in total. The third kappa shape index (κ3) is 2.44. The maximum atomic E-state index is 9.87. The minimum absolute atomic E-state index is 0.416. The predicted octanol–water partition coefficient (Wildman–Crippen LogP) is 3.36. The second kappa shape index (κ2) is 5.06. The highest BCUT2D eigenvalue weighted by atomic mass is 16.5. The van der Waals surface area contributed by atoms with Crippen LogP contribution in [0, 0.1) is 13.8 Å². The highest BCUT2D eigenvalue weighted by Gasteiger charge is 2.11. The van der Waals surface area contributed by atoms with Gasteiger partial charge in [-0.3, -0.25) is 0 Å². The van der Waals surface area contributed by atoms with Crippen molar-refractivity contribution in [2.75, 3.05) is 6.61 Å². The van der Waals surface area contributed by atoms with Gasteiger partial charge in [0.2, 0.25) is 0 Å². The molecular formula is C13H20O2. The first-order valence-corrected chi connectivity index (χ1v) is 5.56. The zero-order chi connectivity index (χ0) is 11.4. The first-order valence-electron chi connectivity index (χ1n) is 5.56. The fraction of sp³-hybridized carbons (Fsp3) is 0.538. The molecule has 0 saturated carbocycles. The summed E-state index contributed by atoms with van der Waals surface area (Å²) in [4.78, 5) is 0. The van der Waals surface area contributed by atoms with E-state index in [0.29, 0.717) is 5.75 Å². The van der Waals surface area contributed by atoms with E-state index in [1.165, 1.54) is 0 Å². The van der Waals surface area contributed by atoms with E-state index in [0.717, 1.165) is 41.9 Å². The molecule has 0 aliphatic rings. The number of hydrogen-bond donors (Lipinski definition) is 1. The smallest absolute Gasteiger partial charge is 0.123 e. The quantitative estimate of drug-likeness (QED) is 0.822. The van der Waals surface area contributed by atoms with Crippen LogP contribution in [-0.4, -0.2) is 11.7 Å². The van der Waals surface area contributed by atoms with Gasteiger partial charge < -0.3 is 9.84 Å². The second-order valence-corrected chi connectivity index (χ2v) is 3.83. The summed E-state index contributed by atoms with van der Waals surface area (Å²) >= 11 is 0. The zero-order valence-electron chi connectivity index (χ0n) is 10.1. The molecule has 1 aromatic carbocycles. The molecule has 0 heterocycles. The maximum absolute atomic E-state index is 9.87. The number of ether oxygens (including phenoxy) is 1. The minimum Gasteiger partial charge on any atom is -0.507 e. The van der Waals surface area contributed by atoms with Gasteiger partial charge >= 0.3 is 0 Å². The Morgan fingerprint density at radius 1 is 1.20 bits per heavy atom. The lowest BCUT2D eigenvalue weighted by molar-refractivity contribution is 0.314. The van der Waals surface area contributed by atoms with Gasteiger partial charge in [0.05, 0.1) is 6.61 Å². The van der Waals surface area contributed by atoms with Crippen molar-refractivity contribution in [3.05, 3.63) is 22.8 Å². The van der Waals surface area contributed by atoms with Gasteiger partial charge in [-0.05, 0) is 49.4 Å². The Bertz CT molecular complexity index is 343. The third-order valence-electron chi connectivity index (χ3n) is 2.74. The van der Waals surface area contributed by atoms with Crippen LogP contribution >= 0.6 is 0 Å². The van der Waals surface area contributed by atoms with Gasteiger partial charge in [-0.25, -0.2) is 0 Å². The number of aryl methyl sites for hydroxylation is 1. The molecule has 1 aromatic rings. The van der Waals surface area contributed by atoms with Crippen LogP contribution in [0.25, 0.3) is 0 Å². The van der Waals surface area contributed by atoms with E-state index < -0.39 is 0 Å². The average Bonchev–Trinajstić information content (AvgIpc) is 2.25. The SMILES string of the molecule is CCCOc1cc(CC)c(O)c(C)c1C. The van der Waals surface area contributed by atoms with E-state index in [1.807, 2.05) is 26.8 Å². The van der Waals surface area contributed by atoms with Crippen LogP contribution < -0.4 is 4.74 Å². The summed E-state index contributed by atoms with van der Waals surface area (Å²) in [6, 6.07) is 1.95. The maximum Gasteiger partial charge on any atom is 0.123 e. The molecular weight excluding hydrogens is 188 g/mol. The Morgan fingerprint density at radius 3 is 2.40 bits per heavy atom.